The van der Waals surface area contributed by atoms with Crippen LogP contribution in [0.15, 0.2) is 36.7 Å². The number of carbonyl (C=O) groups is 1. The first-order chi connectivity index (χ1) is 10.7. The lowest BCUT2D eigenvalue weighted by atomic mass is 10.0. The SMILES string of the molecule is COc1cc(C(=O)N2CCCC2)ccc1-c1ccncc1Cl. The number of rotatable bonds is 3. The van der Waals surface area contributed by atoms with Gasteiger partial charge in [0.1, 0.15) is 5.75 Å². The van der Waals surface area contributed by atoms with Crippen molar-refractivity contribution in [2.45, 2.75) is 12.8 Å². The summed E-state index contributed by atoms with van der Waals surface area (Å²) < 4.78 is 5.46. The zero-order valence-electron chi connectivity index (χ0n) is 12.4. The summed E-state index contributed by atoms with van der Waals surface area (Å²) in [7, 11) is 1.60. The van der Waals surface area contributed by atoms with Gasteiger partial charge in [-0.1, -0.05) is 11.6 Å². The molecule has 0 radical (unpaired) electrons. The van der Waals surface area contributed by atoms with Gasteiger partial charge >= 0.3 is 0 Å². The van der Waals surface area contributed by atoms with E-state index in [4.69, 9.17) is 16.3 Å². The first-order valence-electron chi connectivity index (χ1n) is 7.28. The van der Waals surface area contributed by atoms with Gasteiger partial charge in [0.25, 0.3) is 5.91 Å². The number of methoxy groups -OCH3 is 1. The maximum atomic E-state index is 12.5. The van der Waals surface area contributed by atoms with Crippen LogP contribution in [-0.4, -0.2) is 36.0 Å². The Morgan fingerprint density at radius 3 is 2.68 bits per heavy atom. The van der Waals surface area contributed by atoms with Crippen molar-refractivity contribution in [1.29, 1.82) is 0 Å². The molecule has 4 nitrogen and oxygen atoms in total. The number of likely N-dealkylation sites (tertiary alicyclic amines) is 1. The smallest absolute Gasteiger partial charge is 0.253 e. The number of benzene rings is 1. The second-order valence-corrected chi connectivity index (χ2v) is 5.68. The van der Waals surface area contributed by atoms with E-state index in [1.54, 1.807) is 25.6 Å². The van der Waals surface area contributed by atoms with Crippen molar-refractivity contribution in [3.05, 3.63) is 47.2 Å². The zero-order valence-corrected chi connectivity index (χ0v) is 13.1. The van der Waals surface area contributed by atoms with E-state index in [0.29, 0.717) is 16.3 Å². The maximum Gasteiger partial charge on any atom is 0.253 e. The number of carbonyl (C=O) groups excluding carboxylic acids is 1. The minimum atomic E-state index is 0.0585. The minimum absolute atomic E-state index is 0.0585. The summed E-state index contributed by atoms with van der Waals surface area (Å²) in [4.78, 5) is 18.3. The van der Waals surface area contributed by atoms with E-state index in [1.807, 2.05) is 23.1 Å². The van der Waals surface area contributed by atoms with Crippen molar-refractivity contribution in [3.63, 3.8) is 0 Å². The molecule has 1 fully saturated rings. The second-order valence-electron chi connectivity index (χ2n) is 5.27. The highest BCUT2D eigenvalue weighted by Gasteiger charge is 2.21. The van der Waals surface area contributed by atoms with Crippen LogP contribution >= 0.6 is 11.6 Å². The van der Waals surface area contributed by atoms with E-state index >= 15 is 0 Å². The minimum Gasteiger partial charge on any atom is -0.496 e. The Morgan fingerprint density at radius 1 is 1.23 bits per heavy atom. The van der Waals surface area contributed by atoms with Crippen molar-refractivity contribution >= 4 is 17.5 Å². The average molecular weight is 317 g/mol. The van der Waals surface area contributed by atoms with Gasteiger partial charge in [-0.15, -0.1) is 0 Å². The van der Waals surface area contributed by atoms with Gasteiger partial charge in [-0.2, -0.15) is 0 Å². The molecule has 1 aromatic heterocycles. The van der Waals surface area contributed by atoms with E-state index < -0.39 is 0 Å². The van der Waals surface area contributed by atoms with Crippen molar-refractivity contribution in [1.82, 2.24) is 9.88 Å². The van der Waals surface area contributed by atoms with Crippen LogP contribution < -0.4 is 4.74 Å². The highest BCUT2D eigenvalue weighted by molar-refractivity contribution is 6.33. The molecule has 0 aliphatic carbocycles. The maximum absolute atomic E-state index is 12.5. The molecule has 1 aliphatic rings. The van der Waals surface area contributed by atoms with Gasteiger partial charge in [0.05, 0.1) is 12.1 Å². The van der Waals surface area contributed by atoms with Crippen molar-refractivity contribution in [3.8, 4) is 16.9 Å². The summed E-state index contributed by atoms with van der Waals surface area (Å²) in [6.07, 6.45) is 5.44. The largest absolute Gasteiger partial charge is 0.496 e. The number of hydrogen-bond acceptors (Lipinski definition) is 3. The normalized spacial score (nSPS) is 14.2. The van der Waals surface area contributed by atoms with E-state index in [9.17, 15) is 4.79 Å². The molecule has 5 heteroatoms. The first kappa shape index (κ1) is 14.9. The number of nitrogens with zero attached hydrogens (tertiary/aromatic N) is 2. The summed E-state index contributed by atoms with van der Waals surface area (Å²) in [6.45, 7) is 1.66. The Kier molecular flexibility index (Phi) is 4.29. The summed E-state index contributed by atoms with van der Waals surface area (Å²) in [5.74, 6) is 0.696. The predicted molar refractivity (Wildman–Crippen MR) is 86.4 cm³/mol. The topological polar surface area (TPSA) is 42.4 Å². The highest BCUT2D eigenvalue weighted by atomic mass is 35.5. The molecule has 2 aromatic rings. The lowest BCUT2D eigenvalue weighted by Gasteiger charge is -2.17. The first-order valence-corrected chi connectivity index (χ1v) is 7.65. The van der Waals surface area contributed by atoms with E-state index in [1.165, 1.54) is 0 Å². The third kappa shape index (κ3) is 2.79. The Labute approximate surface area is 134 Å². The fraction of sp³-hybridized carbons (Fsp3) is 0.294. The Morgan fingerprint density at radius 2 is 2.00 bits per heavy atom. The van der Waals surface area contributed by atoms with Gasteiger partial charge in [-0.05, 0) is 37.1 Å². The van der Waals surface area contributed by atoms with Crippen LogP contribution in [0.1, 0.15) is 23.2 Å². The van der Waals surface area contributed by atoms with Crippen LogP contribution in [0.25, 0.3) is 11.1 Å². The number of aromatic nitrogens is 1. The van der Waals surface area contributed by atoms with Gasteiger partial charge in [0.15, 0.2) is 0 Å². The van der Waals surface area contributed by atoms with Crippen LogP contribution in [0.3, 0.4) is 0 Å². The molecule has 0 bridgehead atoms. The summed E-state index contributed by atoms with van der Waals surface area (Å²) in [5, 5.41) is 0.555. The third-order valence-corrected chi connectivity index (χ3v) is 4.21. The quantitative estimate of drug-likeness (QED) is 0.868. The fourth-order valence-corrected chi connectivity index (χ4v) is 2.96. The molecule has 0 N–H and O–H groups in total. The number of amides is 1. The standard InChI is InChI=1S/C17H17ClN2O2/c1-22-16-10-12(17(21)20-8-2-3-9-20)4-5-14(16)13-6-7-19-11-15(13)18/h4-7,10-11H,2-3,8-9H2,1H3. The molecule has 1 aromatic carbocycles. The van der Waals surface area contributed by atoms with Crippen LogP contribution in [0.4, 0.5) is 0 Å². The van der Waals surface area contributed by atoms with E-state index in [-0.39, 0.29) is 5.91 Å². The molecule has 0 unspecified atom stereocenters. The molecule has 3 rings (SSSR count). The van der Waals surface area contributed by atoms with Crippen LogP contribution in [0, 0.1) is 0 Å². The summed E-state index contributed by atoms with van der Waals surface area (Å²) in [5.41, 5.74) is 2.34. The van der Waals surface area contributed by atoms with Gasteiger partial charge in [0, 0.05) is 42.2 Å². The number of ether oxygens (including phenoxy) is 1. The van der Waals surface area contributed by atoms with Gasteiger partial charge in [0.2, 0.25) is 0 Å². The van der Waals surface area contributed by atoms with Crippen molar-refractivity contribution in [2.75, 3.05) is 20.2 Å². The number of pyridine rings is 1. The molecular weight excluding hydrogens is 300 g/mol. The predicted octanol–water partition coefficient (Wildman–Crippen LogP) is 3.65. The van der Waals surface area contributed by atoms with Gasteiger partial charge in [-0.25, -0.2) is 0 Å². The fourth-order valence-electron chi connectivity index (χ4n) is 2.74. The van der Waals surface area contributed by atoms with Crippen LogP contribution in [0.2, 0.25) is 5.02 Å². The molecule has 2 heterocycles. The molecule has 114 valence electrons. The van der Waals surface area contributed by atoms with E-state index in [2.05, 4.69) is 4.98 Å². The molecule has 0 atom stereocenters. The Bertz CT molecular complexity index is 697. The molecule has 1 amide bonds. The third-order valence-electron chi connectivity index (χ3n) is 3.90. The molecule has 1 aliphatic heterocycles. The van der Waals surface area contributed by atoms with Crippen molar-refractivity contribution < 1.29 is 9.53 Å². The Hall–Kier alpha value is -2.07. The molecule has 0 saturated carbocycles. The molecule has 1 saturated heterocycles. The zero-order chi connectivity index (χ0) is 15.5. The number of halogens is 1. The highest BCUT2D eigenvalue weighted by Crippen LogP contribution is 2.35. The lowest BCUT2D eigenvalue weighted by molar-refractivity contribution is 0.0792. The van der Waals surface area contributed by atoms with E-state index in [0.717, 1.165) is 37.1 Å². The average Bonchev–Trinajstić information content (AvgIpc) is 3.08. The summed E-state index contributed by atoms with van der Waals surface area (Å²) >= 11 is 6.20. The number of hydrogen-bond donors (Lipinski definition) is 0. The van der Waals surface area contributed by atoms with Gasteiger partial charge in [-0.3, -0.25) is 9.78 Å². The lowest BCUT2D eigenvalue weighted by Crippen LogP contribution is -2.27. The molecule has 0 spiro atoms. The Balaban J connectivity index is 1.97. The monoisotopic (exact) mass is 316 g/mol. The van der Waals surface area contributed by atoms with Crippen LogP contribution in [-0.2, 0) is 0 Å². The molecular formula is C17H17ClN2O2. The van der Waals surface area contributed by atoms with Crippen molar-refractivity contribution in [2.24, 2.45) is 0 Å². The second kappa shape index (κ2) is 6.36. The van der Waals surface area contributed by atoms with Gasteiger partial charge < -0.3 is 9.64 Å². The molecule has 22 heavy (non-hydrogen) atoms. The summed E-state index contributed by atoms with van der Waals surface area (Å²) in [6, 6.07) is 7.33. The van der Waals surface area contributed by atoms with Crippen LogP contribution in [0.5, 0.6) is 5.75 Å².